The Morgan fingerprint density at radius 2 is 1.61 bits per heavy atom. The smallest absolute Gasteiger partial charge is 0.323 e. The van der Waals surface area contributed by atoms with Crippen LogP contribution in [0.25, 0.3) is 0 Å². The molecule has 0 fully saturated rings. The average Bonchev–Trinajstić information content (AvgIpc) is 2.98. The molecule has 15 heteroatoms. The molecule has 1 heterocycles. The summed E-state index contributed by atoms with van der Waals surface area (Å²) in [6.07, 6.45) is 2.74. The lowest BCUT2D eigenvalue weighted by Crippen LogP contribution is -2.34. The maximum absolute atomic E-state index is 13.0. The molecule has 4 N–H and O–H groups in total. The molecule has 2 aromatic rings. The lowest BCUT2D eigenvalue weighted by atomic mass is 9.97. The van der Waals surface area contributed by atoms with E-state index in [2.05, 4.69) is 23.8 Å². The van der Waals surface area contributed by atoms with Gasteiger partial charge in [-0.1, -0.05) is 41.5 Å². The van der Waals surface area contributed by atoms with Crippen LogP contribution in [-0.2, 0) is 36.9 Å². The van der Waals surface area contributed by atoms with Gasteiger partial charge in [-0.3, -0.25) is 19.2 Å². The quantitative estimate of drug-likeness (QED) is 0.0918. The molecule has 0 aliphatic rings. The minimum atomic E-state index is -1.03. The van der Waals surface area contributed by atoms with Gasteiger partial charge in [0.15, 0.2) is 11.5 Å². The zero-order valence-corrected chi connectivity index (χ0v) is 32.4. The van der Waals surface area contributed by atoms with Gasteiger partial charge in [0.2, 0.25) is 6.41 Å². The van der Waals surface area contributed by atoms with E-state index in [1.807, 2.05) is 6.92 Å². The molecule has 1 amide bonds. The Morgan fingerprint density at radius 1 is 1.02 bits per heavy atom. The molecule has 1 unspecified atom stereocenters. The molecule has 12 nitrogen and oxygen atoms in total. The first-order chi connectivity index (χ1) is 22.2. The Kier molecular flexibility index (Phi) is 17.1. The second-order valence-corrected chi connectivity index (χ2v) is 16.5. The number of nitrogens with two attached hydrogens (primary N) is 2. The number of ether oxygens (including phenoxy) is 3. The molecule has 1 atom stereocenters. The van der Waals surface area contributed by atoms with Crippen molar-refractivity contribution in [1.82, 2.24) is 14.9 Å². The molecule has 1 aromatic carbocycles. The Labute approximate surface area is 303 Å². The topological polar surface area (TPSA) is 177 Å². The van der Waals surface area contributed by atoms with Gasteiger partial charge in [0.1, 0.15) is 17.7 Å². The highest BCUT2D eigenvalue weighted by atomic mass is 35.5. The zero-order chi connectivity index (χ0) is 36.4. The summed E-state index contributed by atoms with van der Waals surface area (Å²) in [7, 11) is 3.13. The average molecular weight is 740 g/mol. The van der Waals surface area contributed by atoms with Crippen molar-refractivity contribution in [3.63, 3.8) is 0 Å². The van der Waals surface area contributed by atoms with Gasteiger partial charge < -0.3 is 30.6 Å². The fourth-order valence-electron chi connectivity index (χ4n) is 3.69. The normalized spacial score (nSPS) is 12.7. The van der Waals surface area contributed by atoms with E-state index in [0.717, 1.165) is 11.3 Å². The van der Waals surface area contributed by atoms with Crippen molar-refractivity contribution in [3.05, 3.63) is 51.9 Å². The summed E-state index contributed by atoms with van der Waals surface area (Å²) in [6.45, 7) is 18.2. The Balaban J connectivity index is 0.0000120. The number of benzene rings is 1. The van der Waals surface area contributed by atoms with Gasteiger partial charge >= 0.3 is 17.9 Å². The molecule has 2 rings (SSSR count). The van der Waals surface area contributed by atoms with E-state index < -0.39 is 34.8 Å². The molecule has 0 aliphatic heterocycles. The van der Waals surface area contributed by atoms with Crippen LogP contribution in [-0.4, -0.2) is 57.1 Å². The standard InChI is InChI=1S/C34H49N5O7S2.ClH/c1-20(2)47-48-28(21(3)39(19-40)18-24-17-37-22(4)38-29(24)36)13-14-44-30(41)25(35)15-23-11-12-26(45-31(42)33(5,6)7)27(16-23)46-32(43)34(8,9)10;/h11-12,16-17,19-20,25H,13-15,18,35H2,1-10H3,(H2,36,37,38);1H. The number of nitrogen functional groups attached to an aromatic ring is 1. The number of allylic oxidation sites excluding steroid dienone is 1. The maximum atomic E-state index is 13.0. The Morgan fingerprint density at radius 3 is 2.14 bits per heavy atom. The van der Waals surface area contributed by atoms with E-state index in [-0.39, 0.29) is 43.5 Å². The molecule has 0 spiro atoms. The Hall–Kier alpha value is -3.33. The van der Waals surface area contributed by atoms with Crippen LogP contribution in [0.4, 0.5) is 5.82 Å². The van der Waals surface area contributed by atoms with Crippen molar-refractivity contribution in [1.29, 1.82) is 0 Å². The van der Waals surface area contributed by atoms with Crippen molar-refractivity contribution >= 4 is 64.1 Å². The molecule has 49 heavy (non-hydrogen) atoms. The first-order valence-electron chi connectivity index (χ1n) is 15.6. The van der Waals surface area contributed by atoms with Crippen LogP contribution in [0.3, 0.4) is 0 Å². The SMILES string of the molecule is CC(=C(CCOC(=O)C(N)Cc1ccc(OC(=O)C(C)(C)C)c(OC(=O)C(C)(C)C)c1)SSC(C)C)N(C=O)Cc1cnc(C)nc1N.Cl. The first kappa shape index (κ1) is 43.7. The van der Waals surface area contributed by atoms with Gasteiger partial charge in [0.25, 0.3) is 0 Å². The Bertz CT molecular complexity index is 1510. The third-order valence-corrected chi connectivity index (χ3v) is 9.86. The summed E-state index contributed by atoms with van der Waals surface area (Å²) >= 11 is 0. The summed E-state index contributed by atoms with van der Waals surface area (Å²) in [5, 5.41) is 0.301. The van der Waals surface area contributed by atoms with Gasteiger partial charge in [-0.15, -0.1) is 12.4 Å². The van der Waals surface area contributed by atoms with Crippen LogP contribution >= 0.6 is 34.0 Å². The molecule has 0 saturated heterocycles. The van der Waals surface area contributed by atoms with E-state index in [1.165, 1.54) is 27.8 Å². The second-order valence-electron chi connectivity index (χ2n) is 13.6. The zero-order valence-electron chi connectivity index (χ0n) is 29.9. The van der Waals surface area contributed by atoms with Crippen molar-refractivity contribution in [2.45, 2.75) is 99.9 Å². The summed E-state index contributed by atoms with van der Waals surface area (Å²) < 4.78 is 16.7. The largest absolute Gasteiger partial charge is 0.464 e. The van der Waals surface area contributed by atoms with Gasteiger partial charge in [-0.2, -0.15) is 0 Å². The van der Waals surface area contributed by atoms with E-state index in [4.69, 9.17) is 25.7 Å². The van der Waals surface area contributed by atoms with Gasteiger partial charge in [0, 0.05) is 34.0 Å². The van der Waals surface area contributed by atoms with Crippen LogP contribution in [0.15, 0.2) is 35.0 Å². The molecule has 272 valence electrons. The highest BCUT2D eigenvalue weighted by molar-refractivity contribution is 8.78. The van der Waals surface area contributed by atoms with Crippen molar-refractivity contribution < 1.29 is 33.4 Å². The van der Waals surface area contributed by atoms with Gasteiger partial charge in [-0.25, -0.2) is 9.97 Å². The van der Waals surface area contributed by atoms with Crippen LogP contribution in [0.2, 0.25) is 0 Å². The number of esters is 3. The molecule has 1 aromatic heterocycles. The number of carbonyl (C=O) groups excluding carboxylic acids is 4. The number of anilines is 1. The molecule has 0 saturated carbocycles. The van der Waals surface area contributed by atoms with Crippen molar-refractivity contribution in [2.24, 2.45) is 16.6 Å². The van der Waals surface area contributed by atoms with E-state index >= 15 is 0 Å². The number of aromatic nitrogens is 2. The number of nitrogens with zero attached hydrogens (tertiary/aromatic N) is 3. The molecular weight excluding hydrogens is 690 g/mol. The fourth-order valence-corrected chi connectivity index (χ4v) is 5.94. The van der Waals surface area contributed by atoms with Crippen LogP contribution < -0.4 is 20.9 Å². The van der Waals surface area contributed by atoms with Crippen LogP contribution in [0, 0.1) is 17.8 Å². The first-order valence-corrected chi connectivity index (χ1v) is 17.8. The number of halogens is 1. The number of hydrogen-bond acceptors (Lipinski definition) is 13. The van der Waals surface area contributed by atoms with E-state index in [9.17, 15) is 19.2 Å². The van der Waals surface area contributed by atoms with Crippen molar-refractivity contribution in [3.8, 4) is 11.5 Å². The summed E-state index contributed by atoms with van der Waals surface area (Å²) in [6, 6.07) is 3.67. The molecular formula is C34H50ClN5O7S2. The predicted octanol–water partition coefficient (Wildman–Crippen LogP) is 6.18. The number of rotatable bonds is 15. The van der Waals surface area contributed by atoms with E-state index in [1.54, 1.807) is 71.5 Å². The lowest BCUT2D eigenvalue weighted by Gasteiger charge is -2.23. The third kappa shape index (κ3) is 14.2. The molecule has 0 bridgehead atoms. The van der Waals surface area contributed by atoms with Crippen molar-refractivity contribution in [2.75, 3.05) is 12.3 Å². The fraction of sp³-hybridized carbons (Fsp3) is 0.529. The number of carbonyl (C=O) groups is 4. The van der Waals surface area contributed by atoms with Gasteiger partial charge in [-0.05, 0) is 79.5 Å². The second kappa shape index (κ2) is 19.2. The number of amides is 1. The van der Waals surface area contributed by atoms with E-state index in [0.29, 0.717) is 40.1 Å². The lowest BCUT2D eigenvalue weighted by molar-refractivity contribution is -0.145. The minimum Gasteiger partial charge on any atom is -0.464 e. The summed E-state index contributed by atoms with van der Waals surface area (Å²) in [5.74, 6) is -0.670. The minimum absolute atomic E-state index is 0. The number of aryl methyl sites for hydroxylation is 1. The van der Waals surface area contributed by atoms with Gasteiger partial charge in [0.05, 0.1) is 24.0 Å². The summed E-state index contributed by atoms with van der Waals surface area (Å²) in [5.41, 5.74) is 12.6. The predicted molar refractivity (Wildman–Crippen MR) is 197 cm³/mol. The number of hydrogen-bond donors (Lipinski definition) is 2. The monoisotopic (exact) mass is 739 g/mol. The molecule has 0 aliphatic carbocycles. The third-order valence-electron chi connectivity index (χ3n) is 6.63. The summed E-state index contributed by atoms with van der Waals surface area (Å²) in [4.78, 5) is 61.1. The maximum Gasteiger partial charge on any atom is 0.323 e. The van der Waals surface area contributed by atoms with Crippen LogP contribution in [0.5, 0.6) is 11.5 Å². The van der Waals surface area contributed by atoms with Crippen LogP contribution in [0.1, 0.15) is 85.7 Å². The highest BCUT2D eigenvalue weighted by Crippen LogP contribution is 2.38. The highest BCUT2D eigenvalue weighted by Gasteiger charge is 2.29. The molecule has 0 radical (unpaired) electrons.